The summed E-state index contributed by atoms with van der Waals surface area (Å²) in [4.78, 5) is 27.1. The highest BCUT2D eigenvalue weighted by Gasteiger charge is 2.13. The van der Waals surface area contributed by atoms with Gasteiger partial charge in [0.05, 0.1) is 13.0 Å². The molecule has 2 aromatic rings. The van der Waals surface area contributed by atoms with Gasteiger partial charge in [0, 0.05) is 22.6 Å². The highest BCUT2D eigenvalue weighted by atomic mass is 32.2. The molecule has 0 saturated carbocycles. The Hall–Kier alpha value is -1.86. The maximum absolute atomic E-state index is 12.8. The van der Waals surface area contributed by atoms with E-state index in [1.165, 1.54) is 28.8 Å². The largest absolute Gasteiger partial charge is 0.456 e. The quantitative estimate of drug-likeness (QED) is 0.529. The molecule has 24 heavy (non-hydrogen) atoms. The lowest BCUT2D eigenvalue weighted by Gasteiger charge is -2.16. The Bertz CT molecular complexity index is 659. The van der Waals surface area contributed by atoms with E-state index in [1.807, 2.05) is 17.5 Å². The van der Waals surface area contributed by atoms with E-state index >= 15 is 0 Å². The lowest BCUT2D eigenvalue weighted by molar-refractivity contribution is -0.151. The number of nitrogens with zero attached hydrogens (tertiary/aromatic N) is 1. The molecule has 0 spiro atoms. The topological polar surface area (TPSA) is 46.6 Å². The Kier molecular flexibility index (Phi) is 7.27. The molecule has 0 fully saturated rings. The monoisotopic (exact) mass is 367 g/mol. The van der Waals surface area contributed by atoms with Crippen molar-refractivity contribution in [3.8, 4) is 0 Å². The van der Waals surface area contributed by atoms with Gasteiger partial charge in [-0.3, -0.25) is 9.59 Å². The van der Waals surface area contributed by atoms with Crippen molar-refractivity contribution < 1.29 is 18.7 Å². The summed E-state index contributed by atoms with van der Waals surface area (Å²) in [6.07, 6.45) is 0.198. The molecule has 0 aliphatic rings. The van der Waals surface area contributed by atoms with Gasteiger partial charge in [0.15, 0.2) is 6.61 Å². The fraction of sp³-hybridized carbons (Fsp3) is 0.294. The minimum absolute atomic E-state index is 0.198. The number of likely N-dealkylation sites (N-methyl/N-ethyl adjacent to an activating group) is 1. The molecule has 4 nitrogen and oxygen atoms in total. The Morgan fingerprint density at radius 1 is 1.25 bits per heavy atom. The van der Waals surface area contributed by atoms with Gasteiger partial charge < -0.3 is 9.64 Å². The number of rotatable bonds is 8. The fourth-order valence-electron chi connectivity index (χ4n) is 1.83. The zero-order valence-electron chi connectivity index (χ0n) is 13.2. The number of halogens is 1. The van der Waals surface area contributed by atoms with Crippen molar-refractivity contribution in [1.82, 2.24) is 4.90 Å². The number of hydrogen-bond donors (Lipinski definition) is 0. The molecule has 1 amide bonds. The van der Waals surface area contributed by atoms with Crippen molar-refractivity contribution in [3.63, 3.8) is 0 Å². The predicted octanol–water partition coefficient (Wildman–Crippen LogP) is 3.57. The number of thioether (sulfide) groups is 1. The third-order valence-corrected chi connectivity index (χ3v) is 5.02. The van der Waals surface area contributed by atoms with Crippen molar-refractivity contribution in [2.75, 3.05) is 19.4 Å². The van der Waals surface area contributed by atoms with E-state index in [-0.39, 0.29) is 24.8 Å². The summed E-state index contributed by atoms with van der Waals surface area (Å²) in [6.45, 7) is 0.260. The number of carbonyl (C=O) groups is 2. The Morgan fingerprint density at radius 2 is 2.00 bits per heavy atom. The number of esters is 1. The zero-order valence-corrected chi connectivity index (χ0v) is 14.9. The Labute approximate surface area is 148 Å². The minimum atomic E-state index is -0.414. The Morgan fingerprint density at radius 3 is 2.67 bits per heavy atom. The molecule has 0 aliphatic heterocycles. The SMILES string of the molecule is CN(Cc1cccs1)C(=O)COC(=O)CCSc1ccc(F)cc1. The second kappa shape index (κ2) is 9.44. The number of hydrogen-bond acceptors (Lipinski definition) is 5. The van der Waals surface area contributed by atoms with Crippen LogP contribution in [0.5, 0.6) is 0 Å². The number of thiophene rings is 1. The molecule has 1 heterocycles. The number of benzene rings is 1. The maximum Gasteiger partial charge on any atom is 0.307 e. The summed E-state index contributed by atoms with van der Waals surface area (Å²) >= 11 is 3.01. The molecule has 0 N–H and O–H groups in total. The van der Waals surface area contributed by atoms with Gasteiger partial charge >= 0.3 is 5.97 Å². The van der Waals surface area contributed by atoms with Gasteiger partial charge in [0.2, 0.25) is 0 Å². The van der Waals surface area contributed by atoms with Crippen LogP contribution in [-0.4, -0.2) is 36.2 Å². The molecule has 1 aromatic carbocycles. The molecule has 0 bridgehead atoms. The van der Waals surface area contributed by atoms with Crippen molar-refractivity contribution in [2.24, 2.45) is 0 Å². The third-order valence-electron chi connectivity index (χ3n) is 3.14. The lowest BCUT2D eigenvalue weighted by Crippen LogP contribution is -2.30. The second-order valence-corrected chi connectivity index (χ2v) is 7.24. The van der Waals surface area contributed by atoms with Gasteiger partial charge in [-0.05, 0) is 35.7 Å². The highest BCUT2D eigenvalue weighted by molar-refractivity contribution is 7.99. The first-order valence-corrected chi connectivity index (χ1v) is 9.21. The smallest absolute Gasteiger partial charge is 0.307 e. The van der Waals surface area contributed by atoms with Crippen LogP contribution in [0.3, 0.4) is 0 Å². The fourth-order valence-corrected chi connectivity index (χ4v) is 3.42. The molecular formula is C17H18FNO3S2. The number of ether oxygens (including phenoxy) is 1. The van der Waals surface area contributed by atoms with Crippen molar-refractivity contribution in [2.45, 2.75) is 17.9 Å². The van der Waals surface area contributed by atoms with Crippen LogP contribution < -0.4 is 0 Å². The molecular weight excluding hydrogens is 349 g/mol. The molecule has 7 heteroatoms. The van der Waals surface area contributed by atoms with Crippen molar-refractivity contribution in [3.05, 3.63) is 52.5 Å². The average molecular weight is 367 g/mol. The van der Waals surface area contributed by atoms with Gasteiger partial charge in [0.25, 0.3) is 5.91 Å². The minimum Gasteiger partial charge on any atom is -0.456 e. The second-order valence-electron chi connectivity index (χ2n) is 5.04. The molecule has 0 radical (unpaired) electrons. The molecule has 128 valence electrons. The normalized spacial score (nSPS) is 10.4. The average Bonchev–Trinajstić information content (AvgIpc) is 3.07. The van der Waals surface area contributed by atoms with Crippen LogP contribution >= 0.6 is 23.1 Å². The predicted molar refractivity (Wildman–Crippen MR) is 93.5 cm³/mol. The van der Waals surface area contributed by atoms with Crippen LogP contribution in [0.2, 0.25) is 0 Å². The number of carbonyl (C=O) groups excluding carboxylic acids is 2. The molecule has 0 atom stereocenters. The van der Waals surface area contributed by atoms with Crippen LogP contribution in [0, 0.1) is 5.82 Å². The third kappa shape index (κ3) is 6.33. The molecule has 1 aromatic heterocycles. The number of amides is 1. The van der Waals surface area contributed by atoms with Gasteiger partial charge in [-0.2, -0.15) is 0 Å². The van der Waals surface area contributed by atoms with E-state index in [0.717, 1.165) is 9.77 Å². The van der Waals surface area contributed by atoms with Gasteiger partial charge in [-0.1, -0.05) is 6.07 Å². The first kappa shape index (κ1) is 18.5. The van der Waals surface area contributed by atoms with Crippen LogP contribution in [0.1, 0.15) is 11.3 Å². The van der Waals surface area contributed by atoms with Crippen LogP contribution in [0.4, 0.5) is 4.39 Å². The van der Waals surface area contributed by atoms with Gasteiger partial charge in [0.1, 0.15) is 5.82 Å². The summed E-state index contributed by atoms with van der Waals surface area (Å²) in [6, 6.07) is 9.96. The van der Waals surface area contributed by atoms with E-state index < -0.39 is 5.97 Å². The van der Waals surface area contributed by atoms with Crippen LogP contribution in [0.15, 0.2) is 46.7 Å². The molecule has 0 saturated heterocycles. The standard InChI is InChI=1S/C17H18FNO3S2/c1-19(11-15-3-2-9-23-15)16(20)12-22-17(21)8-10-24-14-6-4-13(18)5-7-14/h2-7,9H,8,10-12H2,1H3. The van der Waals surface area contributed by atoms with Crippen molar-refractivity contribution >= 4 is 35.0 Å². The van der Waals surface area contributed by atoms with E-state index in [9.17, 15) is 14.0 Å². The molecule has 0 unspecified atom stereocenters. The summed E-state index contributed by atoms with van der Waals surface area (Å²) in [7, 11) is 1.68. The van der Waals surface area contributed by atoms with Crippen LogP contribution in [-0.2, 0) is 20.9 Å². The van der Waals surface area contributed by atoms with E-state index in [2.05, 4.69) is 0 Å². The van der Waals surface area contributed by atoms with E-state index in [0.29, 0.717) is 12.3 Å². The Balaban J connectivity index is 1.63. The first-order valence-electron chi connectivity index (χ1n) is 7.35. The van der Waals surface area contributed by atoms with Crippen molar-refractivity contribution in [1.29, 1.82) is 0 Å². The van der Waals surface area contributed by atoms with E-state index in [1.54, 1.807) is 30.5 Å². The molecule has 2 rings (SSSR count). The lowest BCUT2D eigenvalue weighted by atomic mass is 10.4. The maximum atomic E-state index is 12.8. The van der Waals surface area contributed by atoms with Crippen LogP contribution in [0.25, 0.3) is 0 Å². The summed E-state index contributed by atoms with van der Waals surface area (Å²) in [5, 5.41) is 1.95. The van der Waals surface area contributed by atoms with Gasteiger partial charge in [-0.15, -0.1) is 23.1 Å². The summed E-state index contributed by atoms with van der Waals surface area (Å²) in [5.74, 6) is -0.418. The van der Waals surface area contributed by atoms with Gasteiger partial charge in [-0.25, -0.2) is 4.39 Å². The highest BCUT2D eigenvalue weighted by Crippen LogP contribution is 2.19. The zero-order chi connectivity index (χ0) is 17.4. The molecule has 0 aliphatic carbocycles. The first-order chi connectivity index (χ1) is 11.5. The van der Waals surface area contributed by atoms with E-state index in [4.69, 9.17) is 4.74 Å². The summed E-state index contributed by atoms with van der Waals surface area (Å²) in [5.41, 5.74) is 0. The summed E-state index contributed by atoms with van der Waals surface area (Å²) < 4.78 is 17.8.